The summed E-state index contributed by atoms with van der Waals surface area (Å²) in [5, 5.41) is 4.73. The first kappa shape index (κ1) is 14.8. The second-order valence-corrected chi connectivity index (χ2v) is 7.01. The van der Waals surface area contributed by atoms with Crippen molar-refractivity contribution in [3.8, 4) is 0 Å². The van der Waals surface area contributed by atoms with E-state index in [4.69, 9.17) is 0 Å². The van der Waals surface area contributed by atoms with Gasteiger partial charge in [-0.25, -0.2) is 4.98 Å². The van der Waals surface area contributed by atoms with Crippen LogP contribution in [0.3, 0.4) is 0 Å². The molecule has 0 radical (unpaired) electrons. The third-order valence-corrected chi connectivity index (χ3v) is 4.41. The fraction of sp³-hybridized carbons (Fsp3) is 0.800. The molecule has 3 nitrogen and oxygen atoms in total. The van der Waals surface area contributed by atoms with E-state index in [2.05, 4.69) is 42.2 Å². The predicted molar refractivity (Wildman–Crippen MR) is 83.9 cm³/mol. The second kappa shape index (κ2) is 7.25. The number of nitrogens with zero attached hydrogens (tertiary/aromatic N) is 2. The van der Waals surface area contributed by atoms with E-state index in [1.807, 2.05) is 11.3 Å². The molecule has 0 unspecified atom stereocenters. The molecule has 1 N–H and O–H groups in total. The van der Waals surface area contributed by atoms with Crippen molar-refractivity contribution in [1.82, 2.24) is 10.3 Å². The van der Waals surface area contributed by atoms with Gasteiger partial charge in [0.05, 0.1) is 0 Å². The van der Waals surface area contributed by atoms with Crippen LogP contribution in [0.2, 0.25) is 0 Å². The molecule has 108 valence electrons. The first-order valence-electron chi connectivity index (χ1n) is 7.62. The zero-order valence-corrected chi connectivity index (χ0v) is 13.3. The second-order valence-electron chi connectivity index (χ2n) is 5.91. The quantitative estimate of drug-likeness (QED) is 0.749. The standard InChI is InChI=1S/C15H27N3S/c1-4-5-8-18(13-6-7-13)15-17-11-14(19-15)10-16-9-12(2)3/h11-13,16H,4-10H2,1-3H3. The lowest BCUT2D eigenvalue weighted by atomic mass is 10.2. The van der Waals surface area contributed by atoms with E-state index in [0.29, 0.717) is 5.92 Å². The van der Waals surface area contributed by atoms with E-state index >= 15 is 0 Å². The zero-order valence-electron chi connectivity index (χ0n) is 12.5. The minimum Gasteiger partial charge on any atom is -0.345 e. The molecule has 0 aliphatic heterocycles. The molecule has 1 fully saturated rings. The van der Waals surface area contributed by atoms with Gasteiger partial charge in [0.15, 0.2) is 5.13 Å². The highest BCUT2D eigenvalue weighted by Gasteiger charge is 2.30. The van der Waals surface area contributed by atoms with Crippen LogP contribution in [-0.4, -0.2) is 24.1 Å². The predicted octanol–water partition coefficient (Wildman–Crippen LogP) is 3.66. The van der Waals surface area contributed by atoms with Crippen LogP contribution in [0, 0.1) is 5.92 Å². The summed E-state index contributed by atoms with van der Waals surface area (Å²) in [7, 11) is 0. The van der Waals surface area contributed by atoms with Gasteiger partial charge in [-0.15, -0.1) is 11.3 Å². The molecule has 0 aromatic carbocycles. The van der Waals surface area contributed by atoms with Crippen LogP contribution in [-0.2, 0) is 6.54 Å². The Bertz CT molecular complexity index is 371. The molecule has 1 aromatic rings. The number of aromatic nitrogens is 1. The van der Waals surface area contributed by atoms with Gasteiger partial charge < -0.3 is 10.2 Å². The molecular formula is C15H27N3S. The average Bonchev–Trinajstić information content (AvgIpc) is 3.10. The number of thiazole rings is 1. The molecule has 1 heterocycles. The first-order chi connectivity index (χ1) is 9.20. The van der Waals surface area contributed by atoms with Crippen LogP contribution in [0.1, 0.15) is 51.3 Å². The van der Waals surface area contributed by atoms with E-state index in [0.717, 1.165) is 19.1 Å². The SMILES string of the molecule is CCCCN(c1ncc(CNCC(C)C)s1)C1CC1. The molecule has 19 heavy (non-hydrogen) atoms. The lowest BCUT2D eigenvalue weighted by Crippen LogP contribution is -2.26. The fourth-order valence-corrected chi connectivity index (χ4v) is 3.12. The molecule has 1 aliphatic rings. The number of unbranched alkanes of at least 4 members (excludes halogenated alkanes) is 1. The largest absolute Gasteiger partial charge is 0.345 e. The number of hydrogen-bond donors (Lipinski definition) is 1. The molecule has 0 bridgehead atoms. The van der Waals surface area contributed by atoms with E-state index in [9.17, 15) is 0 Å². The average molecular weight is 281 g/mol. The van der Waals surface area contributed by atoms with Gasteiger partial charge in [0, 0.05) is 30.2 Å². The Labute approximate surface area is 121 Å². The van der Waals surface area contributed by atoms with Gasteiger partial charge >= 0.3 is 0 Å². The molecule has 4 heteroatoms. The summed E-state index contributed by atoms with van der Waals surface area (Å²) in [6.45, 7) is 9.95. The van der Waals surface area contributed by atoms with Crippen LogP contribution in [0.15, 0.2) is 6.20 Å². The molecule has 2 rings (SSSR count). The number of anilines is 1. The molecule has 1 aromatic heterocycles. The van der Waals surface area contributed by atoms with Crippen molar-refractivity contribution in [2.24, 2.45) is 5.92 Å². The Morgan fingerprint density at radius 3 is 2.89 bits per heavy atom. The fourth-order valence-electron chi connectivity index (χ4n) is 2.14. The Kier molecular flexibility index (Phi) is 5.64. The van der Waals surface area contributed by atoms with Crippen molar-refractivity contribution >= 4 is 16.5 Å². The van der Waals surface area contributed by atoms with Crippen LogP contribution in [0.5, 0.6) is 0 Å². The highest BCUT2D eigenvalue weighted by molar-refractivity contribution is 7.15. The van der Waals surface area contributed by atoms with Crippen molar-refractivity contribution in [3.63, 3.8) is 0 Å². The molecular weight excluding hydrogens is 254 g/mol. The summed E-state index contributed by atoms with van der Waals surface area (Å²) < 4.78 is 0. The van der Waals surface area contributed by atoms with Crippen molar-refractivity contribution in [2.45, 2.75) is 59.0 Å². The third-order valence-electron chi connectivity index (χ3n) is 3.38. The third kappa shape index (κ3) is 4.77. The summed E-state index contributed by atoms with van der Waals surface area (Å²) in [6.07, 6.45) is 7.29. The van der Waals surface area contributed by atoms with Crippen molar-refractivity contribution < 1.29 is 0 Å². The maximum atomic E-state index is 4.63. The summed E-state index contributed by atoms with van der Waals surface area (Å²) in [4.78, 5) is 8.52. The molecule has 0 atom stereocenters. The van der Waals surface area contributed by atoms with Gasteiger partial charge in [-0.3, -0.25) is 0 Å². The highest BCUT2D eigenvalue weighted by atomic mass is 32.1. The van der Waals surface area contributed by atoms with Crippen LogP contribution in [0.25, 0.3) is 0 Å². The first-order valence-corrected chi connectivity index (χ1v) is 8.44. The van der Waals surface area contributed by atoms with Crippen molar-refractivity contribution in [1.29, 1.82) is 0 Å². The van der Waals surface area contributed by atoms with Gasteiger partial charge in [-0.1, -0.05) is 27.2 Å². The minimum atomic E-state index is 0.708. The number of hydrogen-bond acceptors (Lipinski definition) is 4. The molecule has 0 amide bonds. The maximum absolute atomic E-state index is 4.63. The minimum absolute atomic E-state index is 0.708. The molecule has 0 spiro atoms. The number of nitrogens with one attached hydrogen (secondary N) is 1. The summed E-state index contributed by atoms with van der Waals surface area (Å²) >= 11 is 1.86. The molecule has 0 saturated heterocycles. The summed E-state index contributed by atoms with van der Waals surface area (Å²) in [5.74, 6) is 0.708. The van der Waals surface area contributed by atoms with E-state index in [1.54, 1.807) is 0 Å². The normalized spacial score (nSPS) is 15.2. The van der Waals surface area contributed by atoms with Gasteiger partial charge in [0.25, 0.3) is 0 Å². The van der Waals surface area contributed by atoms with E-state index in [-0.39, 0.29) is 0 Å². The highest BCUT2D eigenvalue weighted by Crippen LogP contribution is 2.34. The van der Waals surface area contributed by atoms with E-state index < -0.39 is 0 Å². The molecule has 1 aliphatic carbocycles. The monoisotopic (exact) mass is 281 g/mol. The lowest BCUT2D eigenvalue weighted by Gasteiger charge is -2.20. The van der Waals surface area contributed by atoms with E-state index in [1.165, 1.54) is 42.2 Å². The zero-order chi connectivity index (χ0) is 13.7. The van der Waals surface area contributed by atoms with Gasteiger partial charge in [-0.2, -0.15) is 0 Å². The maximum Gasteiger partial charge on any atom is 0.185 e. The van der Waals surface area contributed by atoms with Gasteiger partial charge in [0.1, 0.15) is 0 Å². The van der Waals surface area contributed by atoms with Crippen LogP contribution in [0.4, 0.5) is 5.13 Å². The molecule has 1 saturated carbocycles. The Morgan fingerprint density at radius 1 is 1.47 bits per heavy atom. The van der Waals surface area contributed by atoms with Crippen molar-refractivity contribution in [3.05, 3.63) is 11.1 Å². The summed E-state index contributed by atoms with van der Waals surface area (Å²) in [5.41, 5.74) is 0. The lowest BCUT2D eigenvalue weighted by molar-refractivity contribution is 0.554. The number of rotatable bonds is 9. The van der Waals surface area contributed by atoms with Crippen LogP contribution >= 0.6 is 11.3 Å². The Hall–Kier alpha value is -0.610. The summed E-state index contributed by atoms with van der Waals surface area (Å²) in [6, 6.07) is 0.772. The van der Waals surface area contributed by atoms with Gasteiger partial charge in [0.2, 0.25) is 0 Å². The Morgan fingerprint density at radius 2 is 2.26 bits per heavy atom. The van der Waals surface area contributed by atoms with Crippen LogP contribution < -0.4 is 10.2 Å². The Balaban J connectivity index is 1.86. The van der Waals surface area contributed by atoms with Gasteiger partial charge in [-0.05, 0) is 31.7 Å². The van der Waals surface area contributed by atoms with Crippen molar-refractivity contribution in [2.75, 3.05) is 18.0 Å². The topological polar surface area (TPSA) is 28.2 Å². The smallest absolute Gasteiger partial charge is 0.185 e.